The molecular formula is C14H13FN4O. The number of benzene rings is 2. The zero-order valence-electron chi connectivity index (χ0n) is 10.8. The van der Waals surface area contributed by atoms with E-state index >= 15 is 0 Å². The van der Waals surface area contributed by atoms with Crippen LogP contribution in [0.4, 0.5) is 21.5 Å². The number of nitrogens with one attached hydrogen (secondary N) is 2. The molecule has 0 aliphatic rings. The Kier molecular flexibility index (Phi) is 2.90. The molecule has 20 heavy (non-hydrogen) atoms. The summed E-state index contributed by atoms with van der Waals surface area (Å²) < 4.78 is 18.9. The van der Waals surface area contributed by atoms with E-state index < -0.39 is 0 Å². The lowest BCUT2D eigenvalue weighted by Crippen LogP contribution is -1.99. The molecule has 4 N–H and O–H groups in total. The number of ether oxygens (including phenoxy) is 1. The Balaban J connectivity index is 2.02. The van der Waals surface area contributed by atoms with Crippen molar-refractivity contribution in [1.82, 2.24) is 10.2 Å². The molecule has 0 atom stereocenters. The molecule has 0 spiro atoms. The Morgan fingerprint density at radius 1 is 1.25 bits per heavy atom. The summed E-state index contributed by atoms with van der Waals surface area (Å²) >= 11 is 0. The molecular weight excluding hydrogens is 259 g/mol. The van der Waals surface area contributed by atoms with Crippen molar-refractivity contribution >= 4 is 28.0 Å². The summed E-state index contributed by atoms with van der Waals surface area (Å²) in [6.07, 6.45) is 1.68. The van der Waals surface area contributed by atoms with Crippen LogP contribution in [0, 0.1) is 5.82 Å². The topological polar surface area (TPSA) is 76.0 Å². The van der Waals surface area contributed by atoms with Gasteiger partial charge < -0.3 is 15.8 Å². The number of hydrogen-bond donors (Lipinski definition) is 3. The molecule has 2 aromatic carbocycles. The lowest BCUT2D eigenvalue weighted by molar-refractivity contribution is 0.414. The van der Waals surface area contributed by atoms with Crippen molar-refractivity contribution < 1.29 is 9.13 Å². The first-order valence-corrected chi connectivity index (χ1v) is 6.00. The summed E-state index contributed by atoms with van der Waals surface area (Å²) in [5.74, 6) is 0.185. The van der Waals surface area contributed by atoms with Crippen LogP contribution in [0.15, 0.2) is 36.5 Å². The van der Waals surface area contributed by atoms with Gasteiger partial charge in [0, 0.05) is 11.5 Å². The van der Waals surface area contributed by atoms with E-state index in [9.17, 15) is 4.39 Å². The summed E-state index contributed by atoms with van der Waals surface area (Å²) in [6, 6.07) is 8.04. The van der Waals surface area contributed by atoms with Crippen LogP contribution < -0.4 is 15.8 Å². The van der Waals surface area contributed by atoms with Crippen LogP contribution in [-0.4, -0.2) is 17.3 Å². The summed E-state index contributed by atoms with van der Waals surface area (Å²) in [5, 5.41) is 10.7. The number of nitrogen functional groups attached to an aromatic ring is 1. The summed E-state index contributed by atoms with van der Waals surface area (Å²) in [5.41, 5.74) is 8.20. The number of fused-ring (bicyclic) bond motifs is 1. The van der Waals surface area contributed by atoms with Gasteiger partial charge >= 0.3 is 0 Å². The average molecular weight is 272 g/mol. The molecule has 1 heterocycles. The third kappa shape index (κ3) is 2.11. The van der Waals surface area contributed by atoms with E-state index in [0.717, 1.165) is 10.9 Å². The smallest absolute Gasteiger partial charge is 0.146 e. The number of aromatic amines is 1. The van der Waals surface area contributed by atoms with E-state index in [1.807, 2.05) is 0 Å². The van der Waals surface area contributed by atoms with Crippen molar-refractivity contribution in [2.24, 2.45) is 0 Å². The van der Waals surface area contributed by atoms with Crippen LogP contribution in [0.3, 0.4) is 0 Å². The molecule has 0 aliphatic heterocycles. The van der Waals surface area contributed by atoms with Gasteiger partial charge in [-0.25, -0.2) is 4.39 Å². The molecule has 0 unspecified atom stereocenters. The molecule has 6 heteroatoms. The minimum atomic E-state index is -0.380. The summed E-state index contributed by atoms with van der Waals surface area (Å²) in [4.78, 5) is 0. The number of methoxy groups -OCH3 is 1. The number of H-pyrrole nitrogens is 1. The van der Waals surface area contributed by atoms with Gasteiger partial charge in [0.25, 0.3) is 0 Å². The van der Waals surface area contributed by atoms with E-state index in [4.69, 9.17) is 10.5 Å². The minimum absolute atomic E-state index is 0.301. The van der Waals surface area contributed by atoms with E-state index in [0.29, 0.717) is 22.8 Å². The van der Waals surface area contributed by atoms with Crippen LogP contribution in [-0.2, 0) is 0 Å². The molecule has 0 aliphatic carbocycles. The summed E-state index contributed by atoms with van der Waals surface area (Å²) in [7, 11) is 1.53. The SMILES string of the molecule is COc1ccc(F)c(Nc2cc3[nH]ncc3cc2N)c1. The van der Waals surface area contributed by atoms with Crippen molar-refractivity contribution in [1.29, 1.82) is 0 Å². The number of nitrogens with zero attached hydrogens (tertiary/aromatic N) is 1. The van der Waals surface area contributed by atoms with Gasteiger partial charge in [0.05, 0.1) is 35.9 Å². The maximum atomic E-state index is 13.8. The largest absolute Gasteiger partial charge is 0.497 e. The van der Waals surface area contributed by atoms with Gasteiger partial charge in [0.1, 0.15) is 11.6 Å². The normalized spacial score (nSPS) is 10.7. The van der Waals surface area contributed by atoms with Crippen molar-refractivity contribution in [3.63, 3.8) is 0 Å². The fraction of sp³-hybridized carbons (Fsp3) is 0.0714. The predicted molar refractivity (Wildman–Crippen MR) is 76.7 cm³/mol. The zero-order valence-corrected chi connectivity index (χ0v) is 10.8. The van der Waals surface area contributed by atoms with Gasteiger partial charge in [-0.05, 0) is 24.3 Å². The molecule has 3 rings (SSSR count). The van der Waals surface area contributed by atoms with Gasteiger partial charge in [-0.3, -0.25) is 5.10 Å². The Morgan fingerprint density at radius 3 is 2.90 bits per heavy atom. The highest BCUT2D eigenvalue weighted by molar-refractivity contribution is 5.90. The number of aromatic nitrogens is 2. The molecule has 3 aromatic rings. The first-order chi connectivity index (χ1) is 9.67. The Morgan fingerprint density at radius 2 is 2.10 bits per heavy atom. The fourth-order valence-corrected chi connectivity index (χ4v) is 1.99. The molecule has 0 radical (unpaired) electrons. The lowest BCUT2D eigenvalue weighted by Gasteiger charge is -2.11. The standard InChI is InChI=1S/C14H13FN4O/c1-20-9-2-3-10(15)13(5-9)18-14-6-12-8(4-11(14)16)7-17-19-12/h2-7,18H,16H2,1H3,(H,17,19). The third-order valence-corrected chi connectivity index (χ3v) is 3.05. The second-order valence-electron chi connectivity index (χ2n) is 4.37. The Hall–Kier alpha value is -2.76. The van der Waals surface area contributed by atoms with Crippen LogP contribution in [0.2, 0.25) is 0 Å². The van der Waals surface area contributed by atoms with Gasteiger partial charge in [-0.2, -0.15) is 5.10 Å². The molecule has 0 fully saturated rings. The summed E-state index contributed by atoms with van der Waals surface area (Å²) in [6.45, 7) is 0. The molecule has 0 saturated carbocycles. The highest BCUT2D eigenvalue weighted by Crippen LogP contribution is 2.30. The number of anilines is 3. The van der Waals surface area contributed by atoms with E-state index in [-0.39, 0.29) is 5.82 Å². The molecule has 0 amide bonds. The molecule has 0 saturated heterocycles. The van der Waals surface area contributed by atoms with Crippen molar-refractivity contribution in [3.8, 4) is 5.75 Å². The lowest BCUT2D eigenvalue weighted by atomic mass is 10.2. The van der Waals surface area contributed by atoms with Gasteiger partial charge in [0.15, 0.2) is 0 Å². The van der Waals surface area contributed by atoms with Crippen LogP contribution in [0.1, 0.15) is 0 Å². The van der Waals surface area contributed by atoms with Crippen molar-refractivity contribution in [3.05, 3.63) is 42.3 Å². The Bertz CT molecular complexity index is 769. The van der Waals surface area contributed by atoms with Crippen LogP contribution >= 0.6 is 0 Å². The van der Waals surface area contributed by atoms with E-state index in [1.54, 1.807) is 30.5 Å². The first-order valence-electron chi connectivity index (χ1n) is 6.00. The second kappa shape index (κ2) is 4.73. The predicted octanol–water partition coefficient (Wildman–Crippen LogP) is 3.04. The molecule has 5 nitrogen and oxygen atoms in total. The van der Waals surface area contributed by atoms with Gasteiger partial charge in [0.2, 0.25) is 0 Å². The highest BCUT2D eigenvalue weighted by Gasteiger charge is 2.08. The maximum absolute atomic E-state index is 13.8. The van der Waals surface area contributed by atoms with Crippen LogP contribution in [0.5, 0.6) is 5.75 Å². The number of nitrogens with two attached hydrogens (primary N) is 1. The number of hydrogen-bond acceptors (Lipinski definition) is 4. The molecule has 0 bridgehead atoms. The second-order valence-corrected chi connectivity index (χ2v) is 4.37. The minimum Gasteiger partial charge on any atom is -0.497 e. The van der Waals surface area contributed by atoms with E-state index in [1.165, 1.54) is 13.2 Å². The third-order valence-electron chi connectivity index (χ3n) is 3.05. The first kappa shape index (κ1) is 12.3. The van der Waals surface area contributed by atoms with Crippen molar-refractivity contribution in [2.45, 2.75) is 0 Å². The molecule has 102 valence electrons. The fourth-order valence-electron chi connectivity index (χ4n) is 1.99. The zero-order chi connectivity index (χ0) is 14.1. The Labute approximate surface area is 114 Å². The number of rotatable bonds is 3. The monoisotopic (exact) mass is 272 g/mol. The van der Waals surface area contributed by atoms with E-state index in [2.05, 4.69) is 15.5 Å². The average Bonchev–Trinajstić information content (AvgIpc) is 2.88. The number of halogens is 1. The maximum Gasteiger partial charge on any atom is 0.146 e. The van der Waals surface area contributed by atoms with Crippen molar-refractivity contribution in [2.75, 3.05) is 18.2 Å². The molecule has 1 aromatic heterocycles. The van der Waals surface area contributed by atoms with Gasteiger partial charge in [-0.1, -0.05) is 0 Å². The quantitative estimate of drug-likeness (QED) is 0.640. The van der Waals surface area contributed by atoms with Crippen LogP contribution in [0.25, 0.3) is 10.9 Å². The van der Waals surface area contributed by atoms with Gasteiger partial charge in [-0.15, -0.1) is 0 Å². The highest BCUT2D eigenvalue weighted by atomic mass is 19.1.